The number of primary amides is 1. The Labute approximate surface area is 125 Å². The fourth-order valence-electron chi connectivity index (χ4n) is 1.46. The average Bonchev–Trinajstić information content (AvgIpc) is 2.32. The fraction of sp³-hybridized carbons (Fsp3) is 0. The summed E-state index contributed by atoms with van der Waals surface area (Å²) in [6.45, 7) is 0. The first-order valence-corrected chi connectivity index (χ1v) is 6.78. The van der Waals surface area contributed by atoms with E-state index in [1.165, 1.54) is 18.2 Å². The van der Waals surface area contributed by atoms with E-state index in [2.05, 4.69) is 31.9 Å². The van der Waals surface area contributed by atoms with Crippen molar-refractivity contribution >= 4 is 37.8 Å². The third kappa shape index (κ3) is 3.33. The lowest BCUT2D eigenvalue weighted by molar-refractivity contribution is 0.0998. The zero-order chi connectivity index (χ0) is 14.0. The summed E-state index contributed by atoms with van der Waals surface area (Å²) >= 11 is 6.48. The van der Waals surface area contributed by atoms with Crippen molar-refractivity contribution in [2.24, 2.45) is 5.73 Å². The molecule has 0 fully saturated rings. The van der Waals surface area contributed by atoms with Crippen molar-refractivity contribution in [1.29, 1.82) is 0 Å². The molecule has 0 aliphatic carbocycles. The van der Waals surface area contributed by atoms with Gasteiger partial charge >= 0.3 is 0 Å². The number of benzene rings is 2. The van der Waals surface area contributed by atoms with Crippen molar-refractivity contribution in [1.82, 2.24) is 0 Å². The fourth-order valence-corrected chi connectivity index (χ4v) is 2.23. The second kappa shape index (κ2) is 5.71. The molecule has 1 amide bonds. The highest BCUT2D eigenvalue weighted by atomic mass is 79.9. The molecule has 0 aliphatic heterocycles. The summed E-state index contributed by atoms with van der Waals surface area (Å²) in [5.74, 6) is -0.291. The number of amides is 1. The molecule has 2 aromatic carbocycles. The minimum Gasteiger partial charge on any atom is -0.455 e. The number of hydrogen-bond donors (Lipinski definition) is 1. The zero-order valence-electron chi connectivity index (χ0n) is 9.49. The zero-order valence-corrected chi connectivity index (χ0v) is 12.7. The number of halogens is 3. The molecular weight excluding hydrogens is 381 g/mol. The van der Waals surface area contributed by atoms with Crippen molar-refractivity contribution in [2.75, 3.05) is 0 Å². The maximum absolute atomic E-state index is 13.0. The minimum absolute atomic E-state index is 0.249. The van der Waals surface area contributed by atoms with Gasteiger partial charge in [-0.15, -0.1) is 0 Å². The molecule has 0 saturated carbocycles. The summed E-state index contributed by atoms with van der Waals surface area (Å²) < 4.78 is 19.8. The van der Waals surface area contributed by atoms with Gasteiger partial charge in [-0.1, -0.05) is 15.9 Å². The standard InChI is InChI=1S/C13H8Br2FNO2/c14-7-1-3-9(13(17)18)12(5-7)19-11-4-2-8(16)6-10(11)15/h1-6H,(H2,17,18). The molecule has 19 heavy (non-hydrogen) atoms. The van der Waals surface area contributed by atoms with Gasteiger partial charge in [0.25, 0.3) is 5.91 Å². The Morgan fingerprint density at radius 3 is 2.47 bits per heavy atom. The van der Waals surface area contributed by atoms with Crippen LogP contribution in [0.25, 0.3) is 0 Å². The monoisotopic (exact) mass is 387 g/mol. The quantitative estimate of drug-likeness (QED) is 0.854. The van der Waals surface area contributed by atoms with E-state index in [1.54, 1.807) is 18.2 Å². The van der Waals surface area contributed by atoms with Crippen molar-refractivity contribution in [3.05, 3.63) is 56.7 Å². The predicted molar refractivity (Wildman–Crippen MR) is 76.8 cm³/mol. The molecule has 98 valence electrons. The molecule has 0 aliphatic rings. The summed E-state index contributed by atoms with van der Waals surface area (Å²) in [5.41, 5.74) is 5.52. The number of carbonyl (C=O) groups excluding carboxylic acids is 1. The lowest BCUT2D eigenvalue weighted by Crippen LogP contribution is -2.12. The number of rotatable bonds is 3. The molecule has 0 bridgehead atoms. The van der Waals surface area contributed by atoms with Gasteiger partial charge in [0.2, 0.25) is 0 Å². The number of carbonyl (C=O) groups is 1. The molecule has 0 unspecified atom stereocenters. The molecular formula is C13H8Br2FNO2. The molecule has 0 atom stereocenters. The van der Waals surface area contributed by atoms with Crippen LogP contribution in [0, 0.1) is 5.82 Å². The molecule has 3 nitrogen and oxygen atoms in total. The Bertz CT molecular complexity index is 647. The molecule has 6 heteroatoms. The Morgan fingerprint density at radius 1 is 1.11 bits per heavy atom. The van der Waals surface area contributed by atoms with E-state index in [4.69, 9.17) is 10.5 Å². The van der Waals surface area contributed by atoms with Crippen LogP contribution in [-0.2, 0) is 0 Å². The molecule has 2 aromatic rings. The third-order valence-corrected chi connectivity index (χ3v) is 3.44. The first-order chi connectivity index (χ1) is 8.97. The van der Waals surface area contributed by atoms with E-state index in [1.807, 2.05) is 0 Å². The van der Waals surface area contributed by atoms with E-state index < -0.39 is 5.91 Å². The molecule has 0 aromatic heterocycles. The summed E-state index contributed by atoms with van der Waals surface area (Å²) in [6.07, 6.45) is 0. The van der Waals surface area contributed by atoms with Crippen LogP contribution in [-0.4, -0.2) is 5.91 Å². The highest BCUT2D eigenvalue weighted by molar-refractivity contribution is 9.10. The third-order valence-electron chi connectivity index (χ3n) is 2.32. The van der Waals surface area contributed by atoms with Crippen LogP contribution in [0.4, 0.5) is 4.39 Å². The predicted octanol–water partition coefficient (Wildman–Crippen LogP) is 4.24. The van der Waals surface area contributed by atoms with Crippen LogP contribution in [0.2, 0.25) is 0 Å². The van der Waals surface area contributed by atoms with Crippen molar-refractivity contribution in [3.8, 4) is 11.5 Å². The molecule has 0 radical (unpaired) electrons. The van der Waals surface area contributed by atoms with Gasteiger partial charge in [0, 0.05) is 4.47 Å². The smallest absolute Gasteiger partial charge is 0.252 e. The first-order valence-electron chi connectivity index (χ1n) is 5.19. The SMILES string of the molecule is NC(=O)c1ccc(Br)cc1Oc1ccc(F)cc1Br. The second-order valence-electron chi connectivity index (χ2n) is 3.68. The Hall–Kier alpha value is -1.40. The van der Waals surface area contributed by atoms with Crippen molar-refractivity contribution in [2.45, 2.75) is 0 Å². The highest BCUT2D eigenvalue weighted by Crippen LogP contribution is 2.33. The second-order valence-corrected chi connectivity index (χ2v) is 5.45. The van der Waals surface area contributed by atoms with Gasteiger partial charge in [-0.25, -0.2) is 4.39 Å². The van der Waals surface area contributed by atoms with E-state index in [0.717, 1.165) is 4.47 Å². The van der Waals surface area contributed by atoms with Gasteiger partial charge in [-0.05, 0) is 52.3 Å². The lowest BCUT2D eigenvalue weighted by atomic mass is 10.2. The van der Waals surface area contributed by atoms with E-state index in [9.17, 15) is 9.18 Å². The van der Waals surface area contributed by atoms with E-state index in [0.29, 0.717) is 16.0 Å². The maximum atomic E-state index is 13.0. The van der Waals surface area contributed by atoms with Gasteiger partial charge < -0.3 is 10.5 Å². The van der Waals surface area contributed by atoms with Crippen LogP contribution in [0.1, 0.15) is 10.4 Å². The van der Waals surface area contributed by atoms with E-state index in [-0.39, 0.29) is 11.4 Å². The molecule has 0 saturated heterocycles. The number of hydrogen-bond acceptors (Lipinski definition) is 2. The van der Waals surface area contributed by atoms with E-state index >= 15 is 0 Å². The minimum atomic E-state index is -0.597. The van der Waals surface area contributed by atoms with Crippen LogP contribution >= 0.6 is 31.9 Å². The molecule has 0 heterocycles. The van der Waals surface area contributed by atoms with Gasteiger partial charge in [-0.3, -0.25) is 4.79 Å². The lowest BCUT2D eigenvalue weighted by Gasteiger charge is -2.11. The molecule has 2 N–H and O–H groups in total. The average molecular weight is 389 g/mol. The van der Waals surface area contributed by atoms with Crippen LogP contribution in [0.3, 0.4) is 0 Å². The first kappa shape index (κ1) is 14.0. The Morgan fingerprint density at radius 2 is 1.84 bits per heavy atom. The van der Waals surface area contributed by atoms with Gasteiger partial charge in [-0.2, -0.15) is 0 Å². The van der Waals surface area contributed by atoms with Crippen LogP contribution < -0.4 is 10.5 Å². The summed E-state index contributed by atoms with van der Waals surface area (Å²) in [7, 11) is 0. The Kier molecular flexibility index (Phi) is 4.21. The van der Waals surface area contributed by atoms with Gasteiger partial charge in [0.15, 0.2) is 0 Å². The van der Waals surface area contributed by atoms with Gasteiger partial charge in [0.05, 0.1) is 10.0 Å². The molecule has 0 spiro atoms. The Balaban J connectivity index is 2.42. The normalized spacial score (nSPS) is 10.3. The topological polar surface area (TPSA) is 52.3 Å². The summed E-state index contributed by atoms with van der Waals surface area (Å²) in [6, 6.07) is 8.87. The van der Waals surface area contributed by atoms with Crippen LogP contribution in [0.15, 0.2) is 45.3 Å². The highest BCUT2D eigenvalue weighted by Gasteiger charge is 2.12. The molecule has 2 rings (SSSR count). The number of ether oxygens (including phenoxy) is 1. The largest absolute Gasteiger partial charge is 0.455 e. The number of nitrogens with two attached hydrogens (primary N) is 1. The summed E-state index contributed by atoms with van der Waals surface area (Å²) in [4.78, 5) is 11.3. The summed E-state index contributed by atoms with van der Waals surface area (Å²) in [5, 5.41) is 0. The van der Waals surface area contributed by atoms with Crippen LogP contribution in [0.5, 0.6) is 11.5 Å². The maximum Gasteiger partial charge on any atom is 0.252 e. The van der Waals surface area contributed by atoms with Crippen molar-refractivity contribution < 1.29 is 13.9 Å². The van der Waals surface area contributed by atoms with Crippen molar-refractivity contribution in [3.63, 3.8) is 0 Å². The van der Waals surface area contributed by atoms with Gasteiger partial charge in [0.1, 0.15) is 17.3 Å².